The van der Waals surface area contributed by atoms with Crippen molar-refractivity contribution in [3.8, 4) is 0 Å². The molecule has 2 rings (SSSR count). The van der Waals surface area contributed by atoms with Gasteiger partial charge in [-0.15, -0.1) is 5.10 Å². The molecule has 5 heteroatoms. The normalized spacial score (nSPS) is 15.3. The fourth-order valence-corrected chi connectivity index (χ4v) is 2.12. The van der Waals surface area contributed by atoms with Gasteiger partial charge in [-0.3, -0.25) is 4.68 Å². The Kier molecular flexibility index (Phi) is 5.79. The predicted molar refractivity (Wildman–Crippen MR) is 76.9 cm³/mol. The molecule has 1 aromatic heterocycles. The van der Waals surface area contributed by atoms with Crippen molar-refractivity contribution >= 4 is 0 Å². The number of rotatable bonds is 10. The molecule has 0 amide bonds. The number of aromatic nitrogens is 3. The van der Waals surface area contributed by atoms with Crippen LogP contribution in [0, 0.1) is 0 Å². The average molecular weight is 265 g/mol. The van der Waals surface area contributed by atoms with Crippen molar-refractivity contribution in [1.29, 1.82) is 0 Å². The van der Waals surface area contributed by atoms with Gasteiger partial charge >= 0.3 is 0 Å². The highest BCUT2D eigenvalue weighted by atomic mass is 15.4. The minimum atomic E-state index is 0.731. The fraction of sp³-hybridized carbons (Fsp3) is 0.857. The maximum Gasteiger partial charge on any atom is 0.0964 e. The zero-order valence-corrected chi connectivity index (χ0v) is 12.3. The third-order valence-corrected chi connectivity index (χ3v) is 3.66. The van der Waals surface area contributed by atoms with Crippen molar-refractivity contribution in [1.82, 2.24) is 25.2 Å². The van der Waals surface area contributed by atoms with E-state index in [0.717, 1.165) is 37.9 Å². The van der Waals surface area contributed by atoms with Crippen molar-refractivity contribution in [2.45, 2.75) is 58.7 Å². The molecule has 1 aliphatic carbocycles. The van der Waals surface area contributed by atoms with Crippen LogP contribution >= 0.6 is 0 Å². The lowest BCUT2D eigenvalue weighted by Gasteiger charge is -2.19. The second-order valence-corrected chi connectivity index (χ2v) is 5.42. The number of nitrogens with one attached hydrogen (secondary N) is 1. The van der Waals surface area contributed by atoms with Crippen molar-refractivity contribution in [2.75, 3.05) is 19.6 Å². The van der Waals surface area contributed by atoms with Gasteiger partial charge < -0.3 is 10.2 Å². The van der Waals surface area contributed by atoms with Gasteiger partial charge in [0.2, 0.25) is 0 Å². The molecule has 1 aliphatic rings. The lowest BCUT2D eigenvalue weighted by atomic mass is 10.3. The van der Waals surface area contributed by atoms with E-state index in [1.165, 1.54) is 32.2 Å². The van der Waals surface area contributed by atoms with Crippen LogP contribution in [0.25, 0.3) is 0 Å². The van der Waals surface area contributed by atoms with Crippen LogP contribution in [-0.2, 0) is 13.1 Å². The summed E-state index contributed by atoms with van der Waals surface area (Å²) >= 11 is 0. The Balaban J connectivity index is 1.68. The van der Waals surface area contributed by atoms with Crippen LogP contribution in [0.2, 0.25) is 0 Å². The molecule has 0 atom stereocenters. The third-order valence-electron chi connectivity index (χ3n) is 3.66. The maximum atomic E-state index is 4.21. The summed E-state index contributed by atoms with van der Waals surface area (Å²) in [6, 6.07) is 0.731. The van der Waals surface area contributed by atoms with Crippen LogP contribution in [-0.4, -0.2) is 45.6 Å². The zero-order valence-electron chi connectivity index (χ0n) is 12.3. The molecule has 0 radical (unpaired) electrons. The Labute approximate surface area is 116 Å². The van der Waals surface area contributed by atoms with Gasteiger partial charge in [0, 0.05) is 25.3 Å². The number of likely N-dealkylation sites (N-methyl/N-ethyl adjacent to an activating group) is 1. The topological polar surface area (TPSA) is 46.0 Å². The van der Waals surface area contributed by atoms with Crippen LogP contribution < -0.4 is 5.32 Å². The molecular formula is C14H27N5. The van der Waals surface area contributed by atoms with Crippen LogP contribution in [0.4, 0.5) is 0 Å². The molecule has 1 fully saturated rings. The van der Waals surface area contributed by atoms with Crippen LogP contribution in [0.15, 0.2) is 6.20 Å². The summed E-state index contributed by atoms with van der Waals surface area (Å²) in [4.78, 5) is 2.48. The van der Waals surface area contributed by atoms with E-state index in [2.05, 4.69) is 40.6 Å². The molecule has 0 saturated heterocycles. The van der Waals surface area contributed by atoms with Crippen molar-refractivity contribution in [3.63, 3.8) is 0 Å². The molecule has 1 N–H and O–H groups in total. The Morgan fingerprint density at radius 1 is 1.37 bits per heavy atom. The van der Waals surface area contributed by atoms with Crippen molar-refractivity contribution in [2.24, 2.45) is 0 Å². The standard InChI is InChI=1S/C14H27N5/c1-3-5-8-18(4-2)9-10-19-12-14(16-17-19)11-15-13-6-7-13/h12-13,15H,3-11H2,1-2H3. The second kappa shape index (κ2) is 7.60. The Bertz CT molecular complexity index is 358. The highest BCUT2D eigenvalue weighted by Crippen LogP contribution is 2.18. The summed E-state index contributed by atoms with van der Waals surface area (Å²) in [5.41, 5.74) is 1.06. The van der Waals surface area contributed by atoms with Gasteiger partial charge in [0.05, 0.1) is 12.2 Å². The number of hydrogen-bond donors (Lipinski definition) is 1. The van der Waals surface area contributed by atoms with Gasteiger partial charge in [-0.25, -0.2) is 0 Å². The largest absolute Gasteiger partial charge is 0.308 e. The molecule has 1 saturated carbocycles. The smallest absolute Gasteiger partial charge is 0.0964 e. The Hall–Kier alpha value is -0.940. The van der Waals surface area contributed by atoms with E-state index >= 15 is 0 Å². The van der Waals surface area contributed by atoms with E-state index in [9.17, 15) is 0 Å². The molecular weight excluding hydrogens is 238 g/mol. The Morgan fingerprint density at radius 2 is 2.21 bits per heavy atom. The number of hydrogen-bond acceptors (Lipinski definition) is 4. The van der Waals surface area contributed by atoms with E-state index in [1.54, 1.807) is 0 Å². The fourth-order valence-electron chi connectivity index (χ4n) is 2.12. The van der Waals surface area contributed by atoms with Gasteiger partial charge in [0.15, 0.2) is 0 Å². The van der Waals surface area contributed by atoms with E-state index in [4.69, 9.17) is 0 Å². The lowest BCUT2D eigenvalue weighted by Crippen LogP contribution is -2.28. The predicted octanol–water partition coefficient (Wildman–Crippen LogP) is 1.65. The number of nitrogens with zero attached hydrogens (tertiary/aromatic N) is 4. The summed E-state index contributed by atoms with van der Waals surface area (Å²) in [6.45, 7) is 9.64. The van der Waals surface area contributed by atoms with Crippen LogP contribution in [0.5, 0.6) is 0 Å². The zero-order chi connectivity index (χ0) is 13.5. The molecule has 0 unspecified atom stereocenters. The van der Waals surface area contributed by atoms with E-state index in [0.29, 0.717) is 0 Å². The van der Waals surface area contributed by atoms with E-state index in [1.807, 2.05) is 4.68 Å². The molecule has 0 bridgehead atoms. The average Bonchev–Trinajstić information content (AvgIpc) is 3.15. The third kappa shape index (κ3) is 5.28. The minimum absolute atomic E-state index is 0.731. The molecule has 1 heterocycles. The summed E-state index contributed by atoms with van der Waals surface area (Å²) < 4.78 is 1.97. The molecule has 0 aliphatic heterocycles. The maximum absolute atomic E-state index is 4.21. The van der Waals surface area contributed by atoms with Gasteiger partial charge in [0.25, 0.3) is 0 Å². The van der Waals surface area contributed by atoms with E-state index in [-0.39, 0.29) is 0 Å². The summed E-state index contributed by atoms with van der Waals surface area (Å²) in [6.07, 6.45) is 7.25. The van der Waals surface area contributed by atoms with Gasteiger partial charge in [-0.1, -0.05) is 25.5 Å². The van der Waals surface area contributed by atoms with Crippen molar-refractivity contribution < 1.29 is 0 Å². The molecule has 0 spiro atoms. The summed E-state index contributed by atoms with van der Waals surface area (Å²) in [7, 11) is 0. The van der Waals surface area contributed by atoms with Crippen LogP contribution in [0.3, 0.4) is 0 Å². The molecule has 108 valence electrons. The lowest BCUT2D eigenvalue weighted by molar-refractivity contribution is 0.266. The monoisotopic (exact) mass is 265 g/mol. The second-order valence-electron chi connectivity index (χ2n) is 5.42. The number of unbranched alkanes of at least 4 members (excludes halogenated alkanes) is 1. The first-order valence-electron chi connectivity index (χ1n) is 7.66. The first-order valence-corrected chi connectivity index (χ1v) is 7.66. The first-order chi connectivity index (χ1) is 9.31. The first kappa shape index (κ1) is 14.5. The molecule has 0 aromatic carbocycles. The Morgan fingerprint density at radius 3 is 2.89 bits per heavy atom. The van der Waals surface area contributed by atoms with Crippen molar-refractivity contribution in [3.05, 3.63) is 11.9 Å². The SMILES string of the molecule is CCCCN(CC)CCn1cc(CNC2CC2)nn1. The van der Waals surface area contributed by atoms with Gasteiger partial charge in [0.1, 0.15) is 0 Å². The highest BCUT2D eigenvalue weighted by Gasteiger charge is 2.20. The molecule has 19 heavy (non-hydrogen) atoms. The molecule has 5 nitrogen and oxygen atoms in total. The summed E-state index contributed by atoms with van der Waals surface area (Å²) in [5, 5.41) is 11.9. The van der Waals surface area contributed by atoms with Crippen LogP contribution in [0.1, 0.15) is 45.2 Å². The van der Waals surface area contributed by atoms with Gasteiger partial charge in [-0.2, -0.15) is 0 Å². The molecule has 1 aromatic rings. The minimum Gasteiger partial charge on any atom is -0.308 e. The quantitative estimate of drug-likeness (QED) is 0.699. The summed E-state index contributed by atoms with van der Waals surface area (Å²) in [5.74, 6) is 0. The van der Waals surface area contributed by atoms with Gasteiger partial charge in [-0.05, 0) is 32.4 Å². The van der Waals surface area contributed by atoms with E-state index < -0.39 is 0 Å². The highest BCUT2D eigenvalue weighted by molar-refractivity contribution is 4.94.